The van der Waals surface area contributed by atoms with Crippen molar-refractivity contribution in [2.24, 2.45) is 5.92 Å². The summed E-state index contributed by atoms with van der Waals surface area (Å²) in [6, 6.07) is 0. The van der Waals surface area contributed by atoms with Gasteiger partial charge in [0.25, 0.3) is 0 Å². The van der Waals surface area contributed by atoms with Crippen molar-refractivity contribution in [3.05, 3.63) is 0 Å². The second kappa shape index (κ2) is 76.8. The number of carbonyl (C=O) groups is 4. The molecule has 0 aliphatic carbocycles. The third kappa shape index (κ3) is 76.6. The Kier molecular flexibility index (Phi) is 75.4. The van der Waals surface area contributed by atoms with Crippen LogP contribution in [0.4, 0.5) is 0 Å². The lowest BCUT2D eigenvalue weighted by Gasteiger charge is -2.21. The van der Waals surface area contributed by atoms with Gasteiger partial charge in [-0.25, -0.2) is 9.13 Å². The predicted octanol–water partition coefficient (Wildman–Crippen LogP) is 25.6. The molecule has 0 aromatic heterocycles. The van der Waals surface area contributed by atoms with E-state index >= 15 is 0 Å². The third-order valence-corrected chi connectivity index (χ3v) is 22.0. The van der Waals surface area contributed by atoms with Crippen molar-refractivity contribution in [3.63, 3.8) is 0 Å². The van der Waals surface area contributed by atoms with Crippen LogP contribution >= 0.6 is 15.6 Å². The monoisotopic (exact) mass is 1510 g/mol. The van der Waals surface area contributed by atoms with E-state index in [9.17, 15) is 43.2 Å². The van der Waals surface area contributed by atoms with E-state index in [4.69, 9.17) is 37.0 Å². The number of phosphoric acid groups is 2. The van der Waals surface area contributed by atoms with Gasteiger partial charge in [-0.2, -0.15) is 0 Å². The van der Waals surface area contributed by atoms with E-state index in [2.05, 4.69) is 34.6 Å². The molecule has 17 nitrogen and oxygen atoms in total. The predicted molar refractivity (Wildman–Crippen MR) is 423 cm³/mol. The molecule has 0 heterocycles. The van der Waals surface area contributed by atoms with Crippen LogP contribution in [0.15, 0.2) is 0 Å². The number of ether oxygens (including phenoxy) is 4. The molecule has 0 aromatic rings. The minimum atomic E-state index is -4.96. The largest absolute Gasteiger partial charge is 0.472 e. The van der Waals surface area contributed by atoms with Crippen molar-refractivity contribution < 1.29 is 80.2 Å². The summed E-state index contributed by atoms with van der Waals surface area (Å²) in [5.74, 6) is -1.24. The molecule has 0 rings (SSSR count). The van der Waals surface area contributed by atoms with Crippen LogP contribution in [-0.2, 0) is 65.4 Å². The zero-order valence-corrected chi connectivity index (χ0v) is 69.3. The van der Waals surface area contributed by atoms with Crippen LogP contribution in [0.3, 0.4) is 0 Å². The Labute approximate surface area is 632 Å². The Morgan fingerprint density at radius 2 is 0.466 bits per heavy atom. The van der Waals surface area contributed by atoms with E-state index in [1.807, 2.05) is 0 Å². The smallest absolute Gasteiger partial charge is 0.462 e. The van der Waals surface area contributed by atoms with Crippen molar-refractivity contribution in [1.82, 2.24) is 0 Å². The second-order valence-corrected chi connectivity index (χ2v) is 33.4. The van der Waals surface area contributed by atoms with E-state index in [0.29, 0.717) is 25.7 Å². The fraction of sp³-hybridized carbons (Fsp3) is 0.952. The summed E-state index contributed by atoms with van der Waals surface area (Å²) in [7, 11) is -9.91. The summed E-state index contributed by atoms with van der Waals surface area (Å²) in [6.45, 7) is 7.32. The number of aliphatic hydroxyl groups is 1. The van der Waals surface area contributed by atoms with E-state index in [0.717, 1.165) is 102 Å². The minimum absolute atomic E-state index is 0.108. The van der Waals surface area contributed by atoms with Gasteiger partial charge < -0.3 is 33.8 Å². The molecule has 0 amide bonds. The average molecular weight is 1510 g/mol. The molecule has 0 saturated heterocycles. The maximum Gasteiger partial charge on any atom is 0.472 e. The second-order valence-electron chi connectivity index (χ2n) is 30.5. The van der Waals surface area contributed by atoms with Gasteiger partial charge in [0.05, 0.1) is 26.4 Å². The minimum Gasteiger partial charge on any atom is -0.462 e. The molecule has 612 valence electrons. The number of rotatable bonds is 84. The Balaban J connectivity index is 5.10. The molecule has 0 aromatic carbocycles. The molecule has 0 spiro atoms. The maximum atomic E-state index is 13.1. The average Bonchev–Trinajstić information content (AvgIpc) is 0.932. The SMILES string of the molecule is CCCCCCCCCCCCCCCCCCCCCCCC(=O)OC[C@H](COP(=O)(O)OC[C@@H](O)COP(=O)(O)OC[C@@H](COC(=O)CCCCCCC)OC(=O)CCCCCCCCCCCCCCCCC)OC(=O)CCCCCCCCCCCCCCCCCCCCC(C)CC. The van der Waals surface area contributed by atoms with Crippen LogP contribution in [0.25, 0.3) is 0 Å². The molecule has 0 saturated carbocycles. The van der Waals surface area contributed by atoms with E-state index in [-0.39, 0.29) is 25.7 Å². The van der Waals surface area contributed by atoms with Crippen LogP contribution in [0.1, 0.15) is 452 Å². The molecule has 0 fully saturated rings. The topological polar surface area (TPSA) is 237 Å². The molecule has 19 heteroatoms. The summed E-state index contributed by atoms with van der Waals surface area (Å²) in [4.78, 5) is 72.8. The Bertz CT molecular complexity index is 1960. The Hall–Kier alpha value is -1.94. The summed E-state index contributed by atoms with van der Waals surface area (Å²) in [5, 5.41) is 10.6. The lowest BCUT2D eigenvalue weighted by molar-refractivity contribution is -0.161. The third-order valence-electron chi connectivity index (χ3n) is 20.1. The van der Waals surface area contributed by atoms with Crippen LogP contribution in [0, 0.1) is 5.92 Å². The summed E-state index contributed by atoms with van der Waals surface area (Å²) in [6.07, 6.45) is 70.0. The molecule has 0 radical (unpaired) electrons. The number of aliphatic hydroxyl groups excluding tert-OH is 1. The molecule has 0 bridgehead atoms. The van der Waals surface area contributed by atoms with Crippen LogP contribution in [0.2, 0.25) is 0 Å². The standard InChI is InChI=1S/C84H164O17P2/c1-6-10-13-16-18-20-22-24-26-27-28-29-30-34-38-41-45-49-53-58-63-68-82(87)95-74-80(101-84(89)70-65-60-55-51-47-43-39-35-32-31-33-37-40-44-48-52-57-61-66-77(5)9-4)76-99-103(92,93)97-72-78(85)71-96-102(90,91)98-75-79(73-94-81(86)67-62-56-15-12-8-3)100-83(88)69-64-59-54-50-46-42-36-25-23-21-19-17-14-11-7-2/h77-80,85H,6-76H2,1-5H3,(H,90,91)(H,92,93)/t77?,78-,79+,80+/m0/s1. The van der Waals surface area contributed by atoms with E-state index < -0.39 is 97.5 Å². The van der Waals surface area contributed by atoms with E-state index in [1.165, 1.54) is 270 Å². The molecule has 103 heavy (non-hydrogen) atoms. The van der Waals surface area contributed by atoms with Gasteiger partial charge in [-0.15, -0.1) is 0 Å². The normalized spacial score (nSPS) is 14.1. The summed E-state index contributed by atoms with van der Waals surface area (Å²) < 4.78 is 68.6. The Morgan fingerprint density at radius 1 is 0.272 bits per heavy atom. The quantitative estimate of drug-likeness (QED) is 0.0222. The van der Waals surface area contributed by atoms with E-state index in [1.54, 1.807) is 0 Å². The van der Waals surface area contributed by atoms with Gasteiger partial charge in [0.2, 0.25) is 0 Å². The van der Waals surface area contributed by atoms with Gasteiger partial charge in [-0.1, -0.05) is 401 Å². The van der Waals surface area contributed by atoms with Crippen molar-refractivity contribution >= 4 is 39.5 Å². The lowest BCUT2D eigenvalue weighted by atomic mass is 9.99. The highest BCUT2D eigenvalue weighted by Gasteiger charge is 2.30. The van der Waals surface area contributed by atoms with Gasteiger partial charge in [-0.3, -0.25) is 37.3 Å². The Morgan fingerprint density at radius 3 is 0.689 bits per heavy atom. The molecule has 3 N–H and O–H groups in total. The first-order valence-corrected chi connectivity index (χ1v) is 46.7. The number of carbonyl (C=O) groups excluding carboxylic acids is 4. The molecular weight excluding hydrogens is 1340 g/mol. The van der Waals surface area contributed by atoms with Gasteiger partial charge >= 0.3 is 39.5 Å². The van der Waals surface area contributed by atoms with Gasteiger partial charge in [0, 0.05) is 25.7 Å². The molecule has 6 atom stereocenters. The first-order chi connectivity index (χ1) is 50.1. The lowest BCUT2D eigenvalue weighted by Crippen LogP contribution is -2.30. The zero-order valence-electron chi connectivity index (χ0n) is 67.5. The fourth-order valence-electron chi connectivity index (χ4n) is 13.1. The van der Waals surface area contributed by atoms with Crippen molar-refractivity contribution in [2.45, 2.75) is 470 Å². The molecule has 0 aliphatic heterocycles. The van der Waals surface area contributed by atoms with Crippen LogP contribution < -0.4 is 0 Å². The van der Waals surface area contributed by atoms with Crippen LogP contribution in [-0.4, -0.2) is 96.7 Å². The fourth-order valence-corrected chi connectivity index (χ4v) is 14.7. The van der Waals surface area contributed by atoms with Gasteiger partial charge in [0.15, 0.2) is 12.2 Å². The number of esters is 4. The number of hydrogen-bond donors (Lipinski definition) is 3. The molecule has 0 aliphatic rings. The van der Waals surface area contributed by atoms with Crippen molar-refractivity contribution in [2.75, 3.05) is 39.6 Å². The highest BCUT2D eigenvalue weighted by atomic mass is 31.2. The molecule has 3 unspecified atom stereocenters. The van der Waals surface area contributed by atoms with Crippen molar-refractivity contribution in [3.8, 4) is 0 Å². The van der Waals surface area contributed by atoms with Gasteiger partial charge in [-0.05, 0) is 31.6 Å². The van der Waals surface area contributed by atoms with Gasteiger partial charge in [0.1, 0.15) is 19.3 Å². The summed E-state index contributed by atoms with van der Waals surface area (Å²) >= 11 is 0. The molecular formula is C84H164O17P2. The summed E-state index contributed by atoms with van der Waals surface area (Å²) in [5.41, 5.74) is 0. The highest BCUT2D eigenvalue weighted by molar-refractivity contribution is 7.47. The highest BCUT2D eigenvalue weighted by Crippen LogP contribution is 2.45. The van der Waals surface area contributed by atoms with Crippen LogP contribution in [0.5, 0.6) is 0 Å². The number of phosphoric ester groups is 2. The number of unbranched alkanes of at least 4 members (excludes halogenated alkanes) is 55. The number of hydrogen-bond acceptors (Lipinski definition) is 15. The maximum absolute atomic E-state index is 13.1. The van der Waals surface area contributed by atoms with Crippen molar-refractivity contribution in [1.29, 1.82) is 0 Å². The first-order valence-electron chi connectivity index (χ1n) is 43.7. The zero-order chi connectivity index (χ0) is 75.5. The first kappa shape index (κ1) is 101.